The van der Waals surface area contributed by atoms with Crippen molar-refractivity contribution in [3.8, 4) is 0 Å². The van der Waals surface area contributed by atoms with Gasteiger partial charge in [0.2, 0.25) is 0 Å². The molecule has 1 amide bonds. The molecule has 3 nitrogen and oxygen atoms in total. The molecule has 0 bridgehead atoms. The third-order valence-electron chi connectivity index (χ3n) is 2.29. The Balaban J connectivity index is 2.09. The lowest BCUT2D eigenvalue weighted by molar-refractivity contribution is 0.103. The molecule has 1 heterocycles. The minimum absolute atomic E-state index is 0.0970. The second-order valence-electron chi connectivity index (χ2n) is 3.69. The minimum atomic E-state index is -0.0970. The highest BCUT2D eigenvalue weighted by atomic mass is 79.9. The summed E-state index contributed by atoms with van der Waals surface area (Å²) in [5, 5.41) is 2.87. The average molecular weight is 326 g/mol. The molecule has 0 aliphatic carbocycles. The van der Waals surface area contributed by atoms with Crippen LogP contribution >= 0.6 is 27.3 Å². The molecule has 0 saturated heterocycles. The maximum atomic E-state index is 11.9. The summed E-state index contributed by atoms with van der Waals surface area (Å²) in [7, 11) is 1.65. The number of carbonyl (C=O) groups excluding carboxylic acids is 1. The first-order valence-electron chi connectivity index (χ1n) is 5.33. The molecule has 0 saturated carbocycles. The van der Waals surface area contributed by atoms with Crippen molar-refractivity contribution in [1.29, 1.82) is 0 Å². The molecule has 94 valence electrons. The van der Waals surface area contributed by atoms with E-state index < -0.39 is 0 Å². The Kier molecular flexibility index (Phi) is 4.52. The van der Waals surface area contributed by atoms with Crippen molar-refractivity contribution >= 4 is 38.9 Å². The van der Waals surface area contributed by atoms with E-state index in [0.717, 1.165) is 15.0 Å². The number of nitrogens with one attached hydrogen (secondary N) is 1. The number of carbonyl (C=O) groups is 1. The molecule has 1 aromatic heterocycles. The van der Waals surface area contributed by atoms with Gasteiger partial charge in [0.05, 0.1) is 15.3 Å². The van der Waals surface area contributed by atoms with Gasteiger partial charge in [-0.3, -0.25) is 4.79 Å². The van der Waals surface area contributed by atoms with Crippen LogP contribution in [0, 0.1) is 0 Å². The van der Waals surface area contributed by atoms with Crippen LogP contribution in [0.1, 0.15) is 15.2 Å². The van der Waals surface area contributed by atoms with E-state index in [9.17, 15) is 4.79 Å². The summed E-state index contributed by atoms with van der Waals surface area (Å²) in [6.07, 6.45) is 0. The molecule has 1 N–H and O–H groups in total. The van der Waals surface area contributed by atoms with E-state index in [0.29, 0.717) is 11.5 Å². The number of anilines is 1. The van der Waals surface area contributed by atoms with Crippen molar-refractivity contribution in [1.82, 2.24) is 0 Å². The highest BCUT2D eigenvalue weighted by Crippen LogP contribution is 2.23. The maximum Gasteiger partial charge on any atom is 0.265 e. The molecule has 18 heavy (non-hydrogen) atoms. The first-order valence-corrected chi connectivity index (χ1v) is 6.94. The Hall–Kier alpha value is -1.17. The Morgan fingerprint density at radius 2 is 2.22 bits per heavy atom. The van der Waals surface area contributed by atoms with Crippen LogP contribution < -0.4 is 5.32 Å². The zero-order chi connectivity index (χ0) is 13.0. The number of thiophene rings is 1. The Labute approximate surface area is 118 Å². The van der Waals surface area contributed by atoms with Gasteiger partial charge in [-0.1, -0.05) is 12.1 Å². The van der Waals surface area contributed by atoms with E-state index in [1.165, 1.54) is 11.3 Å². The van der Waals surface area contributed by atoms with Crippen molar-refractivity contribution < 1.29 is 9.53 Å². The lowest BCUT2D eigenvalue weighted by atomic mass is 10.2. The lowest BCUT2D eigenvalue weighted by Crippen LogP contribution is -2.10. The van der Waals surface area contributed by atoms with Crippen LogP contribution in [0.25, 0.3) is 0 Å². The molecule has 0 spiro atoms. The van der Waals surface area contributed by atoms with Gasteiger partial charge in [-0.05, 0) is 45.8 Å². The number of ether oxygens (including phenoxy) is 1. The second-order valence-corrected chi connectivity index (χ2v) is 6.15. The van der Waals surface area contributed by atoms with Crippen LogP contribution in [0.15, 0.2) is 40.2 Å². The number of amides is 1. The molecule has 0 radical (unpaired) electrons. The minimum Gasteiger partial charge on any atom is -0.380 e. The number of methoxy groups -OCH3 is 1. The van der Waals surface area contributed by atoms with E-state index in [4.69, 9.17) is 4.74 Å². The first-order chi connectivity index (χ1) is 8.69. The maximum absolute atomic E-state index is 11.9. The fourth-order valence-electron chi connectivity index (χ4n) is 1.53. The number of benzene rings is 1. The third kappa shape index (κ3) is 3.41. The zero-order valence-corrected chi connectivity index (χ0v) is 12.2. The SMILES string of the molecule is COCc1cccc(NC(=O)c2ccc(Br)s2)c1. The van der Waals surface area contributed by atoms with Gasteiger partial charge in [0.25, 0.3) is 5.91 Å². The standard InChI is InChI=1S/C13H12BrNO2S/c1-17-8-9-3-2-4-10(7-9)15-13(16)11-5-6-12(14)18-11/h2-7H,8H2,1H3,(H,15,16). The van der Waals surface area contributed by atoms with E-state index in [2.05, 4.69) is 21.2 Å². The van der Waals surface area contributed by atoms with Gasteiger partial charge in [0, 0.05) is 12.8 Å². The van der Waals surface area contributed by atoms with Crippen LogP contribution in [0.5, 0.6) is 0 Å². The Morgan fingerprint density at radius 3 is 2.89 bits per heavy atom. The predicted molar refractivity (Wildman–Crippen MR) is 77.1 cm³/mol. The van der Waals surface area contributed by atoms with Crippen molar-refractivity contribution in [2.24, 2.45) is 0 Å². The number of halogens is 1. The highest BCUT2D eigenvalue weighted by Gasteiger charge is 2.08. The topological polar surface area (TPSA) is 38.3 Å². The molecule has 0 atom stereocenters. The second kappa shape index (κ2) is 6.13. The monoisotopic (exact) mass is 325 g/mol. The molecular weight excluding hydrogens is 314 g/mol. The van der Waals surface area contributed by atoms with Crippen molar-refractivity contribution in [2.75, 3.05) is 12.4 Å². The molecular formula is C13H12BrNO2S. The first kappa shape index (κ1) is 13.3. The number of hydrogen-bond acceptors (Lipinski definition) is 3. The summed E-state index contributed by atoms with van der Waals surface area (Å²) in [6, 6.07) is 11.3. The van der Waals surface area contributed by atoms with E-state index in [1.54, 1.807) is 13.2 Å². The predicted octanol–water partition coefficient (Wildman–Crippen LogP) is 3.91. The van der Waals surface area contributed by atoms with Gasteiger partial charge in [0.1, 0.15) is 0 Å². The molecule has 0 unspecified atom stereocenters. The number of hydrogen-bond donors (Lipinski definition) is 1. The fourth-order valence-corrected chi connectivity index (χ4v) is 2.82. The van der Waals surface area contributed by atoms with Crippen LogP contribution in [-0.4, -0.2) is 13.0 Å². The molecule has 1 aromatic carbocycles. The summed E-state index contributed by atoms with van der Waals surface area (Å²) < 4.78 is 6.00. The van der Waals surface area contributed by atoms with E-state index in [-0.39, 0.29) is 5.91 Å². The highest BCUT2D eigenvalue weighted by molar-refractivity contribution is 9.11. The van der Waals surface area contributed by atoms with Crippen molar-refractivity contribution in [2.45, 2.75) is 6.61 Å². The Bertz CT molecular complexity index is 553. The summed E-state index contributed by atoms with van der Waals surface area (Å²) >= 11 is 4.75. The zero-order valence-electron chi connectivity index (χ0n) is 9.77. The average Bonchev–Trinajstić information content (AvgIpc) is 2.77. The molecule has 0 aliphatic rings. The molecule has 0 fully saturated rings. The quantitative estimate of drug-likeness (QED) is 0.925. The summed E-state index contributed by atoms with van der Waals surface area (Å²) in [6.45, 7) is 0.536. The molecule has 0 aliphatic heterocycles. The van der Waals surface area contributed by atoms with Gasteiger partial charge in [0.15, 0.2) is 0 Å². The molecule has 5 heteroatoms. The normalized spacial score (nSPS) is 10.3. The van der Waals surface area contributed by atoms with Gasteiger partial charge in [-0.15, -0.1) is 11.3 Å². The summed E-state index contributed by atoms with van der Waals surface area (Å²) in [4.78, 5) is 12.6. The fraction of sp³-hybridized carbons (Fsp3) is 0.154. The van der Waals surface area contributed by atoms with Crippen LogP contribution in [0.4, 0.5) is 5.69 Å². The van der Waals surface area contributed by atoms with Crippen LogP contribution in [-0.2, 0) is 11.3 Å². The van der Waals surface area contributed by atoms with Crippen LogP contribution in [0.2, 0.25) is 0 Å². The smallest absolute Gasteiger partial charge is 0.265 e. The van der Waals surface area contributed by atoms with Crippen molar-refractivity contribution in [3.05, 3.63) is 50.6 Å². The Morgan fingerprint density at radius 1 is 1.39 bits per heavy atom. The van der Waals surface area contributed by atoms with Crippen molar-refractivity contribution in [3.63, 3.8) is 0 Å². The number of rotatable bonds is 4. The van der Waals surface area contributed by atoms with E-state index >= 15 is 0 Å². The molecule has 2 aromatic rings. The van der Waals surface area contributed by atoms with Gasteiger partial charge >= 0.3 is 0 Å². The largest absolute Gasteiger partial charge is 0.380 e. The van der Waals surface area contributed by atoms with Gasteiger partial charge < -0.3 is 10.1 Å². The molecule has 2 rings (SSSR count). The summed E-state index contributed by atoms with van der Waals surface area (Å²) in [5.74, 6) is -0.0970. The lowest BCUT2D eigenvalue weighted by Gasteiger charge is -2.06. The van der Waals surface area contributed by atoms with Gasteiger partial charge in [-0.25, -0.2) is 0 Å². The van der Waals surface area contributed by atoms with E-state index in [1.807, 2.05) is 30.3 Å². The third-order valence-corrected chi connectivity index (χ3v) is 3.92. The van der Waals surface area contributed by atoms with Crippen LogP contribution in [0.3, 0.4) is 0 Å². The van der Waals surface area contributed by atoms with Gasteiger partial charge in [-0.2, -0.15) is 0 Å². The summed E-state index contributed by atoms with van der Waals surface area (Å²) in [5.41, 5.74) is 1.81.